The first-order valence-corrected chi connectivity index (χ1v) is 7.26. The summed E-state index contributed by atoms with van der Waals surface area (Å²) in [6, 6.07) is 9.46. The summed E-state index contributed by atoms with van der Waals surface area (Å²) in [5, 5.41) is 19.2. The molecule has 1 aliphatic heterocycles. The Morgan fingerprint density at radius 2 is 1.96 bits per heavy atom. The zero-order valence-corrected chi connectivity index (χ0v) is 13.0. The van der Waals surface area contributed by atoms with E-state index < -0.39 is 0 Å². The van der Waals surface area contributed by atoms with Crippen LogP contribution < -0.4 is 15.2 Å². The van der Waals surface area contributed by atoms with Crippen molar-refractivity contribution >= 4 is 5.82 Å². The Morgan fingerprint density at radius 1 is 1.25 bits per heavy atom. The minimum Gasteiger partial charge on any atom is -0.454 e. The number of anilines is 1. The number of benzene rings is 1. The van der Waals surface area contributed by atoms with E-state index in [1.165, 1.54) is 0 Å². The number of rotatable bonds is 3. The van der Waals surface area contributed by atoms with Gasteiger partial charge >= 0.3 is 0 Å². The summed E-state index contributed by atoms with van der Waals surface area (Å²) in [4.78, 5) is 4.25. The summed E-state index contributed by atoms with van der Waals surface area (Å²) in [7, 11) is 0. The molecule has 0 saturated carbocycles. The molecule has 0 radical (unpaired) electrons. The molecule has 0 fully saturated rings. The smallest absolute Gasteiger partial charge is 0.231 e. The van der Waals surface area contributed by atoms with Gasteiger partial charge in [0.2, 0.25) is 6.79 Å². The Bertz CT molecular complexity index is 922. The molecule has 0 spiro atoms. The average molecular weight is 318 g/mol. The van der Waals surface area contributed by atoms with Gasteiger partial charge < -0.3 is 15.2 Å². The second-order valence-electron chi connectivity index (χ2n) is 5.32. The maximum atomic E-state index is 9.68. The molecule has 6 nitrogen and oxygen atoms in total. The molecule has 0 bridgehead atoms. The molecule has 2 aromatic rings. The molecule has 6 heteroatoms. The van der Waals surface area contributed by atoms with Gasteiger partial charge in [0.1, 0.15) is 23.5 Å². The monoisotopic (exact) mass is 318 g/mol. The quantitative estimate of drug-likeness (QED) is 0.872. The standard InChI is InChI=1S/C18H14N4O2/c1-3-10(2)17-12(7-19)16(13(8-20)18(21)22-17)11-4-5-14-15(6-11)24-9-23-14/h3-6,10H,1,9H2,2H3,(H2,21,22). The van der Waals surface area contributed by atoms with Gasteiger partial charge in [0.05, 0.1) is 11.3 Å². The molecular formula is C18H14N4O2. The van der Waals surface area contributed by atoms with Gasteiger partial charge in [0.15, 0.2) is 11.5 Å². The van der Waals surface area contributed by atoms with Gasteiger partial charge in [-0.1, -0.05) is 19.1 Å². The number of pyridine rings is 1. The maximum absolute atomic E-state index is 9.68. The highest BCUT2D eigenvalue weighted by molar-refractivity contribution is 5.82. The minimum absolute atomic E-state index is 0.0906. The van der Waals surface area contributed by atoms with Gasteiger partial charge in [-0.05, 0) is 17.7 Å². The molecule has 24 heavy (non-hydrogen) atoms. The third kappa shape index (κ3) is 2.31. The molecule has 1 aromatic carbocycles. The number of nitrogens with two attached hydrogens (primary N) is 1. The van der Waals surface area contributed by atoms with Crippen molar-refractivity contribution in [1.29, 1.82) is 10.5 Å². The molecule has 3 rings (SSSR count). The van der Waals surface area contributed by atoms with Crippen LogP contribution in [-0.4, -0.2) is 11.8 Å². The second kappa shape index (κ2) is 5.94. The molecule has 2 N–H and O–H groups in total. The van der Waals surface area contributed by atoms with Crippen LogP contribution in [0.1, 0.15) is 29.7 Å². The van der Waals surface area contributed by atoms with Crippen LogP contribution in [-0.2, 0) is 0 Å². The number of nitrogens with zero attached hydrogens (tertiary/aromatic N) is 3. The molecule has 0 saturated heterocycles. The van der Waals surface area contributed by atoms with Crippen molar-refractivity contribution < 1.29 is 9.47 Å². The van der Waals surface area contributed by atoms with Gasteiger partial charge in [-0.25, -0.2) is 4.98 Å². The van der Waals surface area contributed by atoms with Crippen molar-refractivity contribution in [3.63, 3.8) is 0 Å². The highest BCUT2D eigenvalue weighted by Crippen LogP contribution is 2.40. The van der Waals surface area contributed by atoms with Crippen LogP contribution in [0.15, 0.2) is 30.9 Å². The van der Waals surface area contributed by atoms with Crippen LogP contribution >= 0.6 is 0 Å². The van der Waals surface area contributed by atoms with E-state index >= 15 is 0 Å². The summed E-state index contributed by atoms with van der Waals surface area (Å²) in [5.74, 6) is 1.10. The predicted octanol–water partition coefficient (Wildman–Crippen LogP) is 3.09. The first kappa shape index (κ1) is 15.4. The number of nitrogen functional groups attached to an aromatic ring is 1. The number of ether oxygens (including phenoxy) is 2. The van der Waals surface area contributed by atoms with Crippen LogP contribution in [0.3, 0.4) is 0 Å². The van der Waals surface area contributed by atoms with E-state index in [1.54, 1.807) is 24.3 Å². The van der Waals surface area contributed by atoms with Crippen molar-refractivity contribution in [2.24, 2.45) is 0 Å². The highest BCUT2D eigenvalue weighted by Gasteiger charge is 2.23. The first-order valence-electron chi connectivity index (χ1n) is 7.26. The summed E-state index contributed by atoms with van der Waals surface area (Å²) in [6.45, 7) is 5.75. The zero-order chi connectivity index (χ0) is 17.3. The molecular weight excluding hydrogens is 304 g/mol. The highest BCUT2D eigenvalue weighted by atomic mass is 16.7. The summed E-state index contributed by atoms with van der Waals surface area (Å²) >= 11 is 0. The Balaban J connectivity index is 2.33. The minimum atomic E-state index is -0.178. The van der Waals surface area contributed by atoms with E-state index in [-0.39, 0.29) is 24.1 Å². The Morgan fingerprint density at radius 3 is 2.62 bits per heavy atom. The second-order valence-corrected chi connectivity index (χ2v) is 5.32. The predicted molar refractivity (Wildman–Crippen MR) is 88.3 cm³/mol. The van der Waals surface area contributed by atoms with Crippen LogP contribution in [0.25, 0.3) is 11.1 Å². The fraction of sp³-hybridized carbons (Fsp3) is 0.167. The number of allylic oxidation sites excluding steroid dienone is 1. The Kier molecular flexibility index (Phi) is 3.81. The Hall–Kier alpha value is -3.51. The van der Waals surface area contributed by atoms with Gasteiger partial charge in [-0.15, -0.1) is 6.58 Å². The maximum Gasteiger partial charge on any atom is 0.231 e. The van der Waals surface area contributed by atoms with Crippen molar-refractivity contribution in [1.82, 2.24) is 4.98 Å². The van der Waals surface area contributed by atoms with Gasteiger partial charge in [-0.3, -0.25) is 0 Å². The molecule has 118 valence electrons. The van der Waals surface area contributed by atoms with E-state index in [4.69, 9.17) is 15.2 Å². The number of hydrogen-bond donors (Lipinski definition) is 1. The fourth-order valence-corrected chi connectivity index (χ4v) is 2.63. The summed E-state index contributed by atoms with van der Waals surface area (Å²) < 4.78 is 10.7. The lowest BCUT2D eigenvalue weighted by atomic mass is 9.91. The van der Waals surface area contributed by atoms with E-state index in [2.05, 4.69) is 23.7 Å². The topological polar surface area (TPSA) is 105 Å². The molecule has 1 unspecified atom stereocenters. The molecule has 1 aliphatic rings. The number of nitriles is 2. The summed E-state index contributed by atoms with van der Waals surface area (Å²) in [6.07, 6.45) is 1.68. The third-order valence-electron chi connectivity index (χ3n) is 3.92. The average Bonchev–Trinajstić information content (AvgIpc) is 3.07. The molecule has 1 atom stereocenters. The van der Waals surface area contributed by atoms with E-state index in [9.17, 15) is 10.5 Å². The normalized spacial score (nSPS) is 13.0. The van der Waals surface area contributed by atoms with Crippen LogP contribution in [0.2, 0.25) is 0 Å². The third-order valence-corrected chi connectivity index (χ3v) is 3.92. The summed E-state index contributed by atoms with van der Waals surface area (Å²) in [5.41, 5.74) is 8.05. The largest absolute Gasteiger partial charge is 0.454 e. The zero-order valence-electron chi connectivity index (χ0n) is 13.0. The van der Waals surface area contributed by atoms with E-state index in [0.29, 0.717) is 33.9 Å². The SMILES string of the molecule is C=CC(C)c1nc(N)c(C#N)c(-c2ccc3c(c2)OCO3)c1C#N. The molecule has 2 heterocycles. The van der Waals surface area contributed by atoms with Gasteiger partial charge in [0.25, 0.3) is 0 Å². The number of hydrogen-bond acceptors (Lipinski definition) is 6. The van der Waals surface area contributed by atoms with Crippen molar-refractivity contribution in [2.75, 3.05) is 12.5 Å². The number of aromatic nitrogens is 1. The Labute approximate surface area is 139 Å². The molecule has 0 amide bonds. The molecule has 1 aromatic heterocycles. The van der Waals surface area contributed by atoms with E-state index in [1.807, 2.05) is 6.92 Å². The van der Waals surface area contributed by atoms with Gasteiger partial charge in [0, 0.05) is 11.5 Å². The first-order chi connectivity index (χ1) is 11.6. The van der Waals surface area contributed by atoms with Crippen molar-refractivity contribution in [3.8, 4) is 34.8 Å². The lowest BCUT2D eigenvalue weighted by Crippen LogP contribution is -2.07. The van der Waals surface area contributed by atoms with Crippen LogP contribution in [0.4, 0.5) is 5.82 Å². The lowest BCUT2D eigenvalue weighted by molar-refractivity contribution is 0.174. The van der Waals surface area contributed by atoms with Crippen LogP contribution in [0.5, 0.6) is 11.5 Å². The fourth-order valence-electron chi connectivity index (χ4n) is 2.63. The van der Waals surface area contributed by atoms with Gasteiger partial charge in [-0.2, -0.15) is 10.5 Å². The molecule has 0 aliphatic carbocycles. The lowest BCUT2D eigenvalue weighted by Gasteiger charge is -2.15. The van der Waals surface area contributed by atoms with E-state index in [0.717, 1.165) is 0 Å². The van der Waals surface area contributed by atoms with Crippen LogP contribution in [0, 0.1) is 22.7 Å². The number of fused-ring (bicyclic) bond motifs is 1. The van der Waals surface area contributed by atoms with Crippen molar-refractivity contribution in [2.45, 2.75) is 12.8 Å². The van der Waals surface area contributed by atoms with Crippen molar-refractivity contribution in [3.05, 3.63) is 47.7 Å².